The van der Waals surface area contributed by atoms with Crippen molar-refractivity contribution in [3.05, 3.63) is 92.0 Å². The van der Waals surface area contributed by atoms with E-state index in [4.69, 9.17) is 9.47 Å². The van der Waals surface area contributed by atoms with Gasteiger partial charge in [0.1, 0.15) is 17.4 Å². The van der Waals surface area contributed by atoms with Gasteiger partial charge in [-0.2, -0.15) is 0 Å². The van der Waals surface area contributed by atoms with Gasteiger partial charge >= 0.3 is 0 Å². The van der Waals surface area contributed by atoms with Crippen molar-refractivity contribution < 1.29 is 29.0 Å². The van der Waals surface area contributed by atoms with Crippen LogP contribution >= 0.6 is 0 Å². The molecule has 0 aliphatic carbocycles. The first-order chi connectivity index (χ1) is 24.3. The maximum absolute atomic E-state index is 15.1. The molecule has 2 bridgehead atoms. The zero-order valence-electron chi connectivity index (χ0n) is 29.3. The predicted octanol–water partition coefficient (Wildman–Crippen LogP) is 6.29. The first-order valence-electron chi connectivity index (χ1n) is 18.0. The third kappa shape index (κ3) is 6.00. The Kier molecular flexibility index (Phi) is 10.5. The van der Waals surface area contributed by atoms with Gasteiger partial charge in [-0.1, -0.05) is 49.4 Å². The van der Waals surface area contributed by atoms with E-state index in [-0.39, 0.29) is 37.4 Å². The molecule has 3 aromatic rings. The van der Waals surface area contributed by atoms with Crippen LogP contribution in [-0.4, -0.2) is 77.8 Å². The maximum Gasteiger partial charge on any atom is 0.253 e. The lowest BCUT2D eigenvalue weighted by Crippen LogP contribution is -2.56. The Morgan fingerprint density at radius 1 is 0.920 bits per heavy atom. The monoisotopic (exact) mass is 679 g/mol. The van der Waals surface area contributed by atoms with Crippen LogP contribution < -0.4 is 14.5 Å². The van der Waals surface area contributed by atoms with E-state index in [1.807, 2.05) is 80.6 Å². The summed E-state index contributed by atoms with van der Waals surface area (Å²) in [5.74, 6) is -1.58. The molecule has 3 saturated heterocycles. The van der Waals surface area contributed by atoms with Gasteiger partial charge in [0.15, 0.2) is 0 Å². The molecule has 3 amide bonds. The van der Waals surface area contributed by atoms with Gasteiger partial charge < -0.3 is 29.3 Å². The predicted molar refractivity (Wildman–Crippen MR) is 196 cm³/mol. The number of rotatable bonds is 16. The number of carbonyl (C=O) groups excluding carboxylic acids is 3. The molecule has 3 aliphatic heterocycles. The SMILES string of the molecule is C=CCN(C(=O)C1N(CCCCCO)C(=O)[C@@H]2[C@@H](C(=O)N(CC=C)c3ccc(OCC)cc3)[C@@]3(CC)CCC12O3)c1ccc2ccccc2c1. The molecule has 0 aromatic heterocycles. The number of nitrogens with zero attached hydrogens (tertiary/aromatic N) is 3. The quantitative estimate of drug-likeness (QED) is 0.141. The second kappa shape index (κ2) is 14.8. The number of ether oxygens (including phenoxy) is 2. The number of amides is 3. The van der Waals surface area contributed by atoms with Gasteiger partial charge in [-0.15, -0.1) is 13.2 Å². The van der Waals surface area contributed by atoms with E-state index in [1.165, 1.54) is 0 Å². The van der Waals surface area contributed by atoms with E-state index in [0.717, 1.165) is 10.8 Å². The zero-order valence-corrected chi connectivity index (χ0v) is 29.3. The lowest BCUT2D eigenvalue weighted by atomic mass is 9.64. The van der Waals surface area contributed by atoms with Gasteiger partial charge in [-0.3, -0.25) is 14.4 Å². The van der Waals surface area contributed by atoms with Crippen molar-refractivity contribution in [2.75, 3.05) is 42.6 Å². The van der Waals surface area contributed by atoms with E-state index < -0.39 is 29.1 Å². The Hall–Kier alpha value is -4.47. The number of hydrogen-bond donors (Lipinski definition) is 1. The van der Waals surface area contributed by atoms with Gasteiger partial charge in [0.2, 0.25) is 11.8 Å². The Bertz CT molecular complexity index is 1740. The van der Waals surface area contributed by atoms with Crippen LogP contribution in [0.2, 0.25) is 0 Å². The molecule has 3 aliphatic rings. The van der Waals surface area contributed by atoms with Crippen molar-refractivity contribution in [1.29, 1.82) is 0 Å². The van der Waals surface area contributed by atoms with Crippen LogP contribution in [0.15, 0.2) is 92.0 Å². The average Bonchev–Trinajstić information content (AvgIpc) is 3.74. The van der Waals surface area contributed by atoms with Crippen LogP contribution in [0.1, 0.15) is 52.4 Å². The fourth-order valence-corrected chi connectivity index (χ4v) is 8.64. The highest BCUT2D eigenvalue weighted by atomic mass is 16.5. The van der Waals surface area contributed by atoms with Gasteiger partial charge in [0.25, 0.3) is 5.91 Å². The Balaban J connectivity index is 1.42. The van der Waals surface area contributed by atoms with Crippen LogP contribution in [-0.2, 0) is 19.1 Å². The second-order valence-electron chi connectivity index (χ2n) is 13.6. The standard InChI is InChI=1S/C41H49N3O6/c1-5-24-42(31-18-20-33(21-19-31)49-8-4)37(46)34-35-38(47)44(26-12-9-13-27-45)36(41(35)23-22-40(34,7-3)50-41)39(48)43(25-6-2)32-17-16-29-14-10-11-15-30(29)28-32/h5-6,10-11,14-21,28,34-36,45H,1-2,7-9,12-13,22-27H2,3-4H3/t34-,35-,36?,40+,41?/m0/s1. The Labute approximate surface area is 295 Å². The number of carbonyl (C=O) groups is 3. The first kappa shape index (κ1) is 35.4. The number of likely N-dealkylation sites (tertiary alicyclic amines) is 1. The number of unbranched alkanes of at least 4 members (excludes halogenated alkanes) is 2. The zero-order chi connectivity index (χ0) is 35.5. The molecule has 3 fully saturated rings. The van der Waals surface area contributed by atoms with E-state index >= 15 is 4.79 Å². The summed E-state index contributed by atoms with van der Waals surface area (Å²) in [6.07, 6.45) is 6.88. The normalized spacial score (nSPS) is 25.1. The lowest BCUT2D eigenvalue weighted by Gasteiger charge is -2.37. The smallest absolute Gasteiger partial charge is 0.253 e. The third-order valence-corrected chi connectivity index (χ3v) is 10.9. The molecule has 9 heteroatoms. The minimum atomic E-state index is -1.17. The Morgan fingerprint density at radius 3 is 2.26 bits per heavy atom. The first-order valence-corrected chi connectivity index (χ1v) is 18.0. The molecule has 6 rings (SSSR count). The highest BCUT2D eigenvalue weighted by molar-refractivity contribution is 6.07. The molecule has 1 spiro atoms. The summed E-state index contributed by atoms with van der Waals surface area (Å²) in [4.78, 5) is 49.9. The van der Waals surface area contributed by atoms with E-state index in [9.17, 15) is 14.7 Å². The average molecular weight is 680 g/mol. The minimum absolute atomic E-state index is 0.0569. The molecule has 3 aromatic carbocycles. The molecule has 0 saturated carbocycles. The maximum atomic E-state index is 15.1. The Morgan fingerprint density at radius 2 is 1.60 bits per heavy atom. The summed E-state index contributed by atoms with van der Waals surface area (Å²) in [5.41, 5.74) is -0.681. The van der Waals surface area contributed by atoms with Crippen LogP contribution in [0.25, 0.3) is 10.8 Å². The summed E-state index contributed by atoms with van der Waals surface area (Å²) >= 11 is 0. The van der Waals surface area contributed by atoms with Crippen molar-refractivity contribution in [3.8, 4) is 5.75 Å². The number of hydrogen-bond acceptors (Lipinski definition) is 6. The number of aliphatic hydroxyl groups is 1. The molecular weight excluding hydrogens is 630 g/mol. The number of fused-ring (bicyclic) bond motifs is 2. The molecule has 2 unspecified atom stereocenters. The molecule has 264 valence electrons. The largest absolute Gasteiger partial charge is 0.494 e. The summed E-state index contributed by atoms with van der Waals surface area (Å²) < 4.78 is 12.7. The van der Waals surface area contributed by atoms with E-state index in [0.29, 0.717) is 68.8 Å². The van der Waals surface area contributed by atoms with Crippen molar-refractivity contribution in [1.82, 2.24) is 4.90 Å². The van der Waals surface area contributed by atoms with Gasteiger partial charge in [0, 0.05) is 37.6 Å². The van der Waals surface area contributed by atoms with Gasteiger partial charge in [-0.25, -0.2) is 0 Å². The molecule has 9 nitrogen and oxygen atoms in total. The number of benzene rings is 3. The van der Waals surface area contributed by atoms with Crippen molar-refractivity contribution in [3.63, 3.8) is 0 Å². The van der Waals surface area contributed by atoms with Gasteiger partial charge in [-0.05, 0) is 92.6 Å². The van der Waals surface area contributed by atoms with Crippen molar-refractivity contribution in [2.24, 2.45) is 11.8 Å². The summed E-state index contributed by atoms with van der Waals surface area (Å²) in [5, 5.41) is 11.5. The van der Waals surface area contributed by atoms with E-state index in [2.05, 4.69) is 13.2 Å². The highest BCUT2D eigenvalue weighted by Gasteiger charge is 2.79. The third-order valence-electron chi connectivity index (χ3n) is 10.9. The lowest BCUT2D eigenvalue weighted by molar-refractivity contribution is -0.146. The molecule has 0 radical (unpaired) electrons. The molecule has 5 atom stereocenters. The van der Waals surface area contributed by atoms with Crippen LogP contribution in [0.5, 0.6) is 5.75 Å². The molecule has 3 heterocycles. The van der Waals surface area contributed by atoms with Gasteiger partial charge in [0.05, 0.1) is 24.0 Å². The van der Waals surface area contributed by atoms with Crippen LogP contribution in [0.4, 0.5) is 11.4 Å². The molecule has 1 N–H and O–H groups in total. The summed E-state index contributed by atoms with van der Waals surface area (Å²) in [6.45, 7) is 13.2. The second-order valence-corrected chi connectivity index (χ2v) is 13.6. The van der Waals surface area contributed by atoms with E-state index in [1.54, 1.807) is 26.9 Å². The van der Waals surface area contributed by atoms with Crippen molar-refractivity contribution >= 4 is 39.9 Å². The fraction of sp³-hybridized carbons (Fsp3) is 0.439. The topological polar surface area (TPSA) is 99.6 Å². The molecular formula is C41H49N3O6. The fourth-order valence-electron chi connectivity index (χ4n) is 8.64. The number of anilines is 2. The molecule has 50 heavy (non-hydrogen) atoms. The summed E-state index contributed by atoms with van der Waals surface area (Å²) in [6, 6.07) is 20.3. The minimum Gasteiger partial charge on any atom is -0.494 e. The number of aliphatic hydroxyl groups excluding tert-OH is 1. The highest BCUT2D eigenvalue weighted by Crippen LogP contribution is 2.65. The van der Waals surface area contributed by atoms with Crippen LogP contribution in [0.3, 0.4) is 0 Å². The van der Waals surface area contributed by atoms with Crippen LogP contribution in [0, 0.1) is 11.8 Å². The van der Waals surface area contributed by atoms with Crippen molar-refractivity contribution in [2.45, 2.75) is 69.6 Å². The summed E-state index contributed by atoms with van der Waals surface area (Å²) in [7, 11) is 0.